The number of benzene rings is 1. The highest BCUT2D eigenvalue weighted by atomic mass is 79.9. The van der Waals surface area contributed by atoms with Crippen molar-refractivity contribution < 1.29 is 28.0 Å². The van der Waals surface area contributed by atoms with Crippen molar-refractivity contribution >= 4 is 38.0 Å². The molecule has 2 aromatic rings. The first-order valence-corrected chi connectivity index (χ1v) is 9.42. The van der Waals surface area contributed by atoms with Gasteiger partial charge < -0.3 is 4.57 Å². The summed E-state index contributed by atoms with van der Waals surface area (Å²) in [4.78, 5) is 12.2. The second kappa shape index (κ2) is 5.93. The first-order chi connectivity index (χ1) is 11.1. The maximum atomic E-state index is 13.0. The van der Waals surface area contributed by atoms with Crippen molar-refractivity contribution in [2.24, 2.45) is 0 Å². The molecule has 12 heteroatoms. The molecule has 1 atom stereocenters. The van der Waals surface area contributed by atoms with Gasteiger partial charge in [0.2, 0.25) is 0 Å². The van der Waals surface area contributed by atoms with Gasteiger partial charge in [-0.1, -0.05) is 43.2 Å². The Labute approximate surface area is 151 Å². The highest BCUT2D eigenvalue weighted by Crippen LogP contribution is 2.98. The lowest BCUT2D eigenvalue weighted by molar-refractivity contribution is 0.139. The average Bonchev–Trinajstić information content (AvgIpc) is 2.43. The van der Waals surface area contributed by atoms with E-state index in [1.807, 2.05) is 0 Å². The average molecular weight is 473 g/mol. The molecule has 0 N–H and O–H groups in total. The van der Waals surface area contributed by atoms with Crippen molar-refractivity contribution in [2.75, 3.05) is 6.61 Å². The van der Waals surface area contributed by atoms with Crippen LogP contribution in [0.4, 0.5) is 23.8 Å². The quantitative estimate of drug-likeness (QED) is 0.484. The summed E-state index contributed by atoms with van der Waals surface area (Å²) in [5, 5.41) is -0.0362. The monoisotopic (exact) mass is 471 g/mol. The Morgan fingerprint density at radius 3 is 2.24 bits per heavy atom. The predicted octanol–water partition coefficient (Wildman–Crippen LogP) is 6.22. The van der Waals surface area contributed by atoms with Crippen LogP contribution in [0.25, 0.3) is 0 Å². The van der Waals surface area contributed by atoms with Crippen LogP contribution in [-0.4, -0.2) is 11.2 Å². The van der Waals surface area contributed by atoms with Gasteiger partial charge in [0.1, 0.15) is 5.82 Å². The second-order valence-corrected chi connectivity index (χ2v) is 8.29. The van der Waals surface area contributed by atoms with Crippen LogP contribution in [0.15, 0.2) is 45.8 Å². The summed E-state index contributed by atoms with van der Waals surface area (Å²) in [7, 11) is -10.2. The topological polar surface area (TPSA) is 31.2 Å². The van der Waals surface area contributed by atoms with Gasteiger partial charge in [-0.25, -0.2) is 8.57 Å². The Morgan fingerprint density at radius 2 is 1.72 bits per heavy atom. The molecular formula is C13H9BrClF6NO2S. The van der Waals surface area contributed by atoms with Crippen LogP contribution < -0.4 is 5.56 Å². The lowest BCUT2D eigenvalue weighted by atomic mass is 10.1. The number of nitrogens with zero attached hydrogens (tertiary/aromatic N) is 1. The molecule has 25 heavy (non-hydrogen) atoms. The normalized spacial score (nSPS) is 16.2. The Kier molecular flexibility index (Phi) is 4.78. The van der Waals surface area contributed by atoms with Crippen LogP contribution >= 0.6 is 38.0 Å². The smallest absolute Gasteiger partial charge is 0.303 e. The number of rotatable bonds is 5. The molecule has 0 radical (unpaired) electrons. The largest absolute Gasteiger partial charge is 0.397 e. The van der Waals surface area contributed by atoms with Gasteiger partial charge in [0.15, 0.2) is 0 Å². The maximum Gasteiger partial charge on any atom is 0.397 e. The third-order valence-electron chi connectivity index (χ3n) is 3.01. The molecule has 0 spiro atoms. The fraction of sp³-hybridized carbons (Fsp3) is 0.154. The molecule has 0 aliphatic carbocycles. The van der Waals surface area contributed by atoms with Gasteiger partial charge in [0.05, 0.1) is 22.1 Å². The van der Waals surface area contributed by atoms with Crippen molar-refractivity contribution in [3.05, 3.63) is 67.8 Å². The molecule has 1 aromatic heterocycles. The number of pyridine rings is 1. The summed E-state index contributed by atoms with van der Waals surface area (Å²) in [5.41, 5.74) is -0.885. The van der Waals surface area contributed by atoms with Crippen LogP contribution in [0.5, 0.6) is 0 Å². The SMILES string of the molecule is O=c1c(Br)cc(Cl)cn1C(COS(F)(F)(F)(F)F)c1ccc(F)cc1. The fourth-order valence-corrected chi connectivity index (χ4v) is 3.16. The summed E-state index contributed by atoms with van der Waals surface area (Å²) >= 11 is 8.65. The molecular weight excluding hydrogens is 464 g/mol. The van der Waals surface area contributed by atoms with E-state index in [-0.39, 0.29) is 15.1 Å². The molecule has 0 aliphatic heterocycles. The first kappa shape index (κ1) is 20.1. The van der Waals surface area contributed by atoms with E-state index in [1.54, 1.807) is 0 Å². The molecule has 0 saturated carbocycles. The summed E-state index contributed by atoms with van der Waals surface area (Å²) in [5.74, 6) is -0.698. The third kappa shape index (κ3) is 5.94. The molecule has 1 aromatic carbocycles. The minimum atomic E-state index is -10.2. The summed E-state index contributed by atoms with van der Waals surface area (Å²) in [6, 6.07) is 3.49. The summed E-state index contributed by atoms with van der Waals surface area (Å²) < 4.78 is 79.3. The van der Waals surface area contributed by atoms with E-state index in [4.69, 9.17) is 11.6 Å². The first-order valence-electron chi connectivity index (χ1n) is 6.37. The van der Waals surface area contributed by atoms with Crippen LogP contribution in [0, 0.1) is 5.82 Å². The van der Waals surface area contributed by atoms with E-state index in [9.17, 15) is 28.6 Å². The van der Waals surface area contributed by atoms with Gasteiger partial charge in [0, 0.05) is 6.20 Å². The van der Waals surface area contributed by atoms with Crippen molar-refractivity contribution in [2.45, 2.75) is 6.04 Å². The lowest BCUT2D eigenvalue weighted by Crippen LogP contribution is -2.30. The molecule has 2 rings (SSSR count). The molecule has 0 fully saturated rings. The minimum absolute atomic E-state index is 0.0362. The van der Waals surface area contributed by atoms with Gasteiger partial charge in [-0.15, -0.1) is 0 Å². The van der Waals surface area contributed by atoms with Crippen molar-refractivity contribution in [3.8, 4) is 0 Å². The number of hydrogen-bond donors (Lipinski definition) is 0. The molecule has 1 unspecified atom stereocenters. The summed E-state index contributed by atoms with van der Waals surface area (Å²) in [6.07, 6.45) is 0.970. The highest BCUT2D eigenvalue weighted by molar-refractivity contribution is 9.10. The zero-order valence-corrected chi connectivity index (χ0v) is 15.1. The highest BCUT2D eigenvalue weighted by Gasteiger charge is 2.66. The molecule has 3 nitrogen and oxygen atoms in total. The van der Waals surface area contributed by atoms with Gasteiger partial charge in [-0.2, -0.15) is 0 Å². The molecule has 0 aliphatic rings. The maximum absolute atomic E-state index is 13.0. The molecule has 0 saturated heterocycles. The van der Waals surface area contributed by atoms with Crippen molar-refractivity contribution in [1.29, 1.82) is 0 Å². The van der Waals surface area contributed by atoms with E-state index in [2.05, 4.69) is 20.1 Å². The Bertz CT molecular complexity index is 856. The van der Waals surface area contributed by atoms with Crippen molar-refractivity contribution in [3.63, 3.8) is 0 Å². The molecule has 140 valence electrons. The zero-order valence-electron chi connectivity index (χ0n) is 11.9. The van der Waals surface area contributed by atoms with E-state index in [1.165, 1.54) is 6.07 Å². The van der Waals surface area contributed by atoms with Crippen LogP contribution in [0.2, 0.25) is 5.02 Å². The lowest BCUT2D eigenvalue weighted by Gasteiger charge is -2.40. The van der Waals surface area contributed by atoms with Gasteiger partial charge in [0.25, 0.3) is 5.56 Å². The second-order valence-electron chi connectivity index (χ2n) is 4.97. The number of hydrogen-bond acceptors (Lipinski definition) is 2. The van der Waals surface area contributed by atoms with E-state index in [0.717, 1.165) is 30.5 Å². The fourth-order valence-electron chi connectivity index (χ4n) is 1.98. The van der Waals surface area contributed by atoms with Gasteiger partial charge >= 0.3 is 10.5 Å². The summed E-state index contributed by atoms with van der Waals surface area (Å²) in [6.45, 7) is -1.60. The Morgan fingerprint density at radius 1 is 1.16 bits per heavy atom. The van der Waals surface area contributed by atoms with Crippen LogP contribution in [0.3, 0.4) is 0 Å². The molecule has 0 amide bonds. The molecule has 1 heterocycles. The van der Waals surface area contributed by atoms with E-state index >= 15 is 0 Å². The Balaban J connectivity index is 2.54. The zero-order chi connectivity index (χ0) is 19.1. The van der Waals surface area contributed by atoms with Gasteiger partial charge in [-0.3, -0.25) is 4.79 Å². The predicted molar refractivity (Wildman–Crippen MR) is 87.0 cm³/mol. The molecule has 0 bridgehead atoms. The standard InChI is InChI=1S/C13H9BrClF6NO2S/c14-11-5-9(15)6-22(13(11)23)12(7-24-25(17,18,19,20)21)8-1-3-10(16)4-2-8/h1-6,12H,7H2. The number of aromatic nitrogens is 1. The minimum Gasteiger partial charge on any atom is -0.303 e. The van der Waals surface area contributed by atoms with E-state index in [0.29, 0.717) is 4.57 Å². The van der Waals surface area contributed by atoms with Gasteiger partial charge in [-0.05, 0) is 39.7 Å². The third-order valence-corrected chi connectivity index (χ3v) is 4.36. The van der Waals surface area contributed by atoms with Crippen molar-refractivity contribution in [1.82, 2.24) is 4.57 Å². The van der Waals surface area contributed by atoms with Crippen LogP contribution in [-0.2, 0) is 4.18 Å². The number of halogens is 8. The van der Waals surface area contributed by atoms with E-state index < -0.39 is 34.5 Å². The Hall–Kier alpha value is -1.17. The van der Waals surface area contributed by atoms with Crippen LogP contribution in [0.1, 0.15) is 11.6 Å².